The van der Waals surface area contributed by atoms with Crippen molar-refractivity contribution >= 4 is 28.6 Å². The van der Waals surface area contributed by atoms with E-state index in [0.29, 0.717) is 12.8 Å². The summed E-state index contributed by atoms with van der Waals surface area (Å²) in [6, 6.07) is 2.06. The predicted octanol–water partition coefficient (Wildman–Crippen LogP) is 2.17. The highest BCUT2D eigenvalue weighted by molar-refractivity contribution is 14.1. The van der Waals surface area contributed by atoms with Crippen molar-refractivity contribution in [2.75, 3.05) is 0 Å². The standard InChI is InChI=1S/C9H10INO2/c1-7-5-9(6-11,3-2-4-10)8(12)13-7/h2,4,7H,3,5H2,1H3/b4-2+/t7-,9-/m0/s1. The lowest BCUT2D eigenvalue weighted by molar-refractivity contribution is -0.146. The first kappa shape index (κ1) is 10.5. The van der Waals surface area contributed by atoms with Crippen molar-refractivity contribution in [2.24, 2.45) is 5.41 Å². The number of hydrogen-bond donors (Lipinski definition) is 0. The second-order valence-corrected chi connectivity index (χ2v) is 3.90. The van der Waals surface area contributed by atoms with Crippen molar-refractivity contribution < 1.29 is 9.53 Å². The van der Waals surface area contributed by atoms with E-state index in [4.69, 9.17) is 10.00 Å². The van der Waals surface area contributed by atoms with Gasteiger partial charge in [0.15, 0.2) is 5.41 Å². The van der Waals surface area contributed by atoms with E-state index in [1.165, 1.54) is 0 Å². The summed E-state index contributed by atoms with van der Waals surface area (Å²) in [4.78, 5) is 11.4. The van der Waals surface area contributed by atoms with Crippen molar-refractivity contribution in [1.29, 1.82) is 5.26 Å². The third-order valence-corrected chi connectivity index (χ3v) is 2.61. The Morgan fingerprint density at radius 3 is 3.00 bits per heavy atom. The quantitative estimate of drug-likeness (QED) is 0.578. The van der Waals surface area contributed by atoms with Gasteiger partial charge < -0.3 is 4.74 Å². The monoisotopic (exact) mass is 291 g/mol. The van der Waals surface area contributed by atoms with Crippen LogP contribution < -0.4 is 0 Å². The summed E-state index contributed by atoms with van der Waals surface area (Å²) >= 11 is 2.07. The zero-order valence-electron chi connectivity index (χ0n) is 7.29. The number of nitrogens with zero attached hydrogens (tertiary/aromatic N) is 1. The molecule has 1 rings (SSSR count). The Kier molecular flexibility index (Phi) is 3.31. The van der Waals surface area contributed by atoms with Gasteiger partial charge in [-0.15, -0.1) is 0 Å². The lowest BCUT2D eigenvalue weighted by atomic mass is 9.83. The Labute approximate surface area is 90.9 Å². The molecule has 0 bridgehead atoms. The molecule has 1 aliphatic rings. The molecule has 70 valence electrons. The first-order valence-electron chi connectivity index (χ1n) is 4.02. The molecule has 0 amide bonds. The Morgan fingerprint density at radius 1 is 1.92 bits per heavy atom. The van der Waals surface area contributed by atoms with Crippen LogP contribution in [0.3, 0.4) is 0 Å². The van der Waals surface area contributed by atoms with Crippen molar-refractivity contribution in [1.82, 2.24) is 0 Å². The second kappa shape index (κ2) is 4.09. The first-order chi connectivity index (χ1) is 6.14. The summed E-state index contributed by atoms with van der Waals surface area (Å²) in [6.07, 6.45) is 2.65. The van der Waals surface area contributed by atoms with Crippen molar-refractivity contribution in [3.8, 4) is 6.07 Å². The van der Waals surface area contributed by atoms with Gasteiger partial charge in [-0.25, -0.2) is 0 Å². The molecule has 0 spiro atoms. The summed E-state index contributed by atoms with van der Waals surface area (Å²) in [5.74, 6) is -0.378. The van der Waals surface area contributed by atoms with Gasteiger partial charge in [-0.05, 0) is 17.4 Å². The number of halogens is 1. The largest absolute Gasteiger partial charge is 0.461 e. The zero-order valence-corrected chi connectivity index (χ0v) is 9.45. The average Bonchev–Trinajstić information content (AvgIpc) is 2.38. The van der Waals surface area contributed by atoms with E-state index in [0.717, 1.165) is 0 Å². The Bertz CT molecular complexity index is 282. The molecule has 1 saturated heterocycles. The minimum absolute atomic E-state index is 0.130. The molecule has 3 nitrogen and oxygen atoms in total. The molecule has 0 unspecified atom stereocenters. The predicted molar refractivity (Wildman–Crippen MR) is 56.0 cm³/mol. The van der Waals surface area contributed by atoms with Crippen LogP contribution in [-0.4, -0.2) is 12.1 Å². The SMILES string of the molecule is C[C@H]1C[C@](C#N)(C/C=C/I)C(=O)O1. The molecule has 4 heteroatoms. The molecule has 0 aromatic heterocycles. The summed E-state index contributed by atoms with van der Waals surface area (Å²) in [6.45, 7) is 1.81. The van der Waals surface area contributed by atoms with Gasteiger partial charge in [0.2, 0.25) is 0 Å². The molecular formula is C9H10INO2. The van der Waals surface area contributed by atoms with Crippen LogP contribution in [0.1, 0.15) is 19.8 Å². The minimum atomic E-state index is -0.929. The zero-order chi connectivity index (χ0) is 9.90. The van der Waals surface area contributed by atoms with Crippen LogP contribution in [0.2, 0.25) is 0 Å². The first-order valence-corrected chi connectivity index (χ1v) is 5.27. The summed E-state index contributed by atoms with van der Waals surface area (Å²) in [7, 11) is 0. The number of carbonyl (C=O) groups is 1. The maximum absolute atomic E-state index is 11.4. The number of esters is 1. The molecule has 1 fully saturated rings. The highest BCUT2D eigenvalue weighted by Gasteiger charge is 2.47. The van der Waals surface area contributed by atoms with Crippen LogP contribution in [0, 0.1) is 16.7 Å². The fourth-order valence-corrected chi connectivity index (χ4v) is 1.71. The van der Waals surface area contributed by atoms with E-state index in [1.54, 1.807) is 0 Å². The molecule has 0 N–H and O–H groups in total. The summed E-state index contributed by atoms with van der Waals surface area (Å²) in [5, 5.41) is 8.94. The van der Waals surface area contributed by atoms with E-state index < -0.39 is 5.41 Å². The minimum Gasteiger partial charge on any atom is -0.461 e. The summed E-state index contributed by atoms with van der Waals surface area (Å²) in [5.41, 5.74) is -0.929. The van der Waals surface area contributed by atoms with Crippen LogP contribution in [0.5, 0.6) is 0 Å². The third kappa shape index (κ3) is 2.02. The van der Waals surface area contributed by atoms with Gasteiger partial charge in [0.25, 0.3) is 0 Å². The van der Waals surface area contributed by atoms with Crippen LogP contribution >= 0.6 is 22.6 Å². The average molecular weight is 291 g/mol. The normalized spacial score (nSPS) is 33.3. The van der Waals surface area contributed by atoms with Crippen LogP contribution in [-0.2, 0) is 9.53 Å². The van der Waals surface area contributed by atoms with E-state index in [2.05, 4.69) is 28.7 Å². The summed E-state index contributed by atoms with van der Waals surface area (Å²) < 4.78 is 6.78. The Balaban J connectivity index is 2.82. The van der Waals surface area contributed by atoms with Crippen molar-refractivity contribution in [2.45, 2.75) is 25.9 Å². The van der Waals surface area contributed by atoms with Gasteiger partial charge in [-0.1, -0.05) is 28.7 Å². The lowest BCUT2D eigenvalue weighted by Crippen LogP contribution is -2.23. The Hall–Kier alpha value is -0.570. The maximum Gasteiger partial charge on any atom is 0.327 e. The molecule has 0 radical (unpaired) electrons. The van der Waals surface area contributed by atoms with E-state index >= 15 is 0 Å². The number of ether oxygens (including phenoxy) is 1. The number of rotatable bonds is 2. The topological polar surface area (TPSA) is 50.1 Å². The number of cyclic esters (lactones) is 1. The van der Waals surface area contributed by atoms with Crippen LogP contribution in [0.25, 0.3) is 0 Å². The van der Waals surface area contributed by atoms with E-state index in [1.807, 2.05) is 17.1 Å². The van der Waals surface area contributed by atoms with Gasteiger partial charge in [-0.3, -0.25) is 4.79 Å². The van der Waals surface area contributed by atoms with Crippen LogP contribution in [0.4, 0.5) is 0 Å². The maximum atomic E-state index is 11.4. The molecular weight excluding hydrogens is 281 g/mol. The smallest absolute Gasteiger partial charge is 0.327 e. The lowest BCUT2D eigenvalue weighted by Gasteiger charge is -2.11. The number of carbonyl (C=O) groups excluding carboxylic acids is 1. The number of nitriles is 1. The fourth-order valence-electron chi connectivity index (χ4n) is 1.46. The highest BCUT2D eigenvalue weighted by atomic mass is 127. The van der Waals surface area contributed by atoms with Gasteiger partial charge in [-0.2, -0.15) is 5.26 Å². The molecule has 1 aliphatic heterocycles. The molecule has 1 heterocycles. The highest BCUT2D eigenvalue weighted by Crippen LogP contribution is 2.37. The van der Waals surface area contributed by atoms with Crippen LogP contribution in [0.15, 0.2) is 10.2 Å². The second-order valence-electron chi connectivity index (χ2n) is 3.18. The van der Waals surface area contributed by atoms with Gasteiger partial charge >= 0.3 is 5.97 Å². The molecule has 2 atom stereocenters. The molecule has 0 saturated carbocycles. The van der Waals surface area contributed by atoms with E-state index in [-0.39, 0.29) is 12.1 Å². The Morgan fingerprint density at radius 2 is 2.62 bits per heavy atom. The molecule has 0 aromatic rings. The number of allylic oxidation sites excluding steroid dienone is 1. The van der Waals surface area contributed by atoms with E-state index in [9.17, 15) is 4.79 Å². The molecule has 13 heavy (non-hydrogen) atoms. The third-order valence-electron chi connectivity index (χ3n) is 2.10. The van der Waals surface area contributed by atoms with Gasteiger partial charge in [0.1, 0.15) is 6.10 Å². The van der Waals surface area contributed by atoms with Crippen molar-refractivity contribution in [3.05, 3.63) is 10.2 Å². The fraction of sp³-hybridized carbons (Fsp3) is 0.556. The number of hydrogen-bond acceptors (Lipinski definition) is 3. The van der Waals surface area contributed by atoms with Gasteiger partial charge in [0.05, 0.1) is 6.07 Å². The van der Waals surface area contributed by atoms with Gasteiger partial charge in [0, 0.05) is 6.42 Å². The van der Waals surface area contributed by atoms with Crippen molar-refractivity contribution in [3.63, 3.8) is 0 Å². The molecule has 0 aliphatic carbocycles. The molecule has 0 aromatic carbocycles.